The molecule has 0 saturated carbocycles. The van der Waals surface area contributed by atoms with E-state index in [4.69, 9.17) is 11.5 Å². The standard InChI is InChI=1S/C25H51N9O8/c1-14(26)20(37)30-17(10-8-11-29-25(27)28)21(38)31-16(9-6-7-12-34(3,4)5)22(39)32-18(13-35)23(40)33-19(15(2)36)24(41)42/h14-19,25,29,35-36H,6-13,26-28H2,1-5H3,(H4-,30,31,32,33,37,38,39,40,41,42)/p+2/t14-,15+,16-,17-,18-,19-/m0/s1. The Morgan fingerprint density at radius 1 is 0.786 bits per heavy atom. The SMILES string of the molecule is C[C@H]([NH3+])C(=O)N[C@@H](CCCNC(N)N)C(=O)N[C@@H](CCCC[N+](C)(C)C)C(=O)N[C@@H](CO)C(=O)N[C@H](C(=O)O)[C@@H](C)O. The van der Waals surface area contributed by atoms with Crippen molar-refractivity contribution in [3.8, 4) is 0 Å². The molecule has 0 aliphatic heterocycles. The molecule has 6 atom stereocenters. The van der Waals surface area contributed by atoms with Crippen LogP contribution < -0.4 is 43.8 Å². The van der Waals surface area contributed by atoms with Crippen molar-refractivity contribution in [1.29, 1.82) is 0 Å². The topological polar surface area (TPSA) is 286 Å². The molecule has 4 amide bonds. The number of hydrogen-bond acceptors (Lipinski definition) is 10. The number of amides is 4. The van der Waals surface area contributed by atoms with Crippen LogP contribution in [0.4, 0.5) is 0 Å². The van der Waals surface area contributed by atoms with Crippen LogP contribution in [0.3, 0.4) is 0 Å². The molecule has 0 aliphatic carbocycles. The zero-order valence-electron chi connectivity index (χ0n) is 25.4. The number of nitrogens with two attached hydrogens (primary N) is 2. The maximum Gasteiger partial charge on any atom is 0.328 e. The number of carboxylic acid groups (broad SMARTS) is 1. The number of hydrogen-bond donors (Lipinski definition) is 11. The summed E-state index contributed by atoms with van der Waals surface area (Å²) in [5.41, 5.74) is 14.6. The van der Waals surface area contributed by atoms with E-state index >= 15 is 0 Å². The second kappa shape index (κ2) is 19.3. The van der Waals surface area contributed by atoms with Gasteiger partial charge in [-0.2, -0.15) is 0 Å². The highest BCUT2D eigenvalue weighted by molar-refractivity contribution is 5.95. The molecule has 0 heterocycles. The van der Waals surface area contributed by atoms with Crippen LogP contribution in [0.15, 0.2) is 0 Å². The molecule has 0 aromatic heterocycles. The van der Waals surface area contributed by atoms with E-state index < -0.39 is 78.8 Å². The summed E-state index contributed by atoms with van der Waals surface area (Å²) in [5.74, 6) is -4.44. The number of rotatable bonds is 21. The molecule has 0 rings (SSSR count). The monoisotopic (exact) mass is 607 g/mol. The molecular formula is C25H53N9O8+2. The van der Waals surface area contributed by atoms with Crippen LogP contribution in [0.2, 0.25) is 0 Å². The smallest absolute Gasteiger partial charge is 0.328 e. The molecule has 0 saturated heterocycles. The van der Waals surface area contributed by atoms with Gasteiger partial charge >= 0.3 is 5.97 Å². The van der Waals surface area contributed by atoms with Crippen LogP contribution in [0, 0.1) is 0 Å². The number of nitrogens with zero attached hydrogens (tertiary/aromatic N) is 1. The fraction of sp³-hybridized carbons (Fsp3) is 0.800. The van der Waals surface area contributed by atoms with Gasteiger partial charge in [0.05, 0.1) is 40.4 Å². The van der Waals surface area contributed by atoms with E-state index in [-0.39, 0.29) is 12.8 Å². The molecule has 0 fully saturated rings. The van der Waals surface area contributed by atoms with Crippen molar-refractivity contribution in [3.05, 3.63) is 0 Å². The maximum absolute atomic E-state index is 13.3. The van der Waals surface area contributed by atoms with Crippen LogP contribution >= 0.6 is 0 Å². The third-order valence-electron chi connectivity index (χ3n) is 6.20. The summed E-state index contributed by atoms with van der Waals surface area (Å²) >= 11 is 0. The van der Waals surface area contributed by atoms with Gasteiger partial charge in [-0.15, -0.1) is 0 Å². The van der Waals surface area contributed by atoms with Gasteiger partial charge in [-0.1, -0.05) is 0 Å². The predicted molar refractivity (Wildman–Crippen MR) is 153 cm³/mol. The van der Waals surface area contributed by atoms with Gasteiger partial charge in [-0.3, -0.25) is 24.5 Å². The summed E-state index contributed by atoms with van der Waals surface area (Å²) in [4.78, 5) is 62.9. The second-order valence-corrected chi connectivity index (χ2v) is 11.5. The Hall–Kier alpha value is -2.93. The zero-order chi connectivity index (χ0) is 32.6. The lowest BCUT2D eigenvalue weighted by Crippen LogP contribution is -2.67. The number of unbranched alkanes of at least 4 members (excludes halogenated alkanes) is 1. The Balaban J connectivity index is 5.78. The molecule has 17 heteroatoms. The molecule has 0 spiro atoms. The number of quaternary nitrogens is 2. The Morgan fingerprint density at radius 2 is 1.26 bits per heavy atom. The number of nitrogens with one attached hydrogen (secondary N) is 5. The van der Waals surface area contributed by atoms with E-state index in [1.807, 2.05) is 21.1 Å². The second-order valence-electron chi connectivity index (χ2n) is 11.5. The van der Waals surface area contributed by atoms with Crippen LogP contribution in [0.1, 0.15) is 46.0 Å². The van der Waals surface area contributed by atoms with Crippen molar-refractivity contribution in [2.24, 2.45) is 11.5 Å². The average Bonchev–Trinajstić information content (AvgIpc) is 2.87. The van der Waals surface area contributed by atoms with Gasteiger partial charge < -0.3 is 58.3 Å². The largest absolute Gasteiger partial charge is 0.480 e. The van der Waals surface area contributed by atoms with E-state index in [0.717, 1.165) is 6.54 Å². The Bertz CT molecular complexity index is 880. The molecule has 0 unspecified atom stereocenters. The first-order valence-electron chi connectivity index (χ1n) is 14.0. The highest BCUT2D eigenvalue weighted by Crippen LogP contribution is 2.07. The Kier molecular flexibility index (Phi) is 17.9. The van der Waals surface area contributed by atoms with E-state index in [1.165, 1.54) is 6.92 Å². The molecule has 15 N–H and O–H groups in total. The molecule has 0 aromatic rings. The summed E-state index contributed by atoms with van der Waals surface area (Å²) in [6.45, 7) is 3.01. The van der Waals surface area contributed by atoms with E-state index in [1.54, 1.807) is 6.92 Å². The summed E-state index contributed by atoms with van der Waals surface area (Å²) in [6, 6.07) is -6.04. The lowest BCUT2D eigenvalue weighted by Gasteiger charge is -2.27. The molecule has 0 radical (unpaired) electrons. The van der Waals surface area contributed by atoms with E-state index in [0.29, 0.717) is 30.3 Å². The summed E-state index contributed by atoms with van der Waals surface area (Å²) < 4.78 is 0.682. The van der Waals surface area contributed by atoms with Gasteiger partial charge in [0.2, 0.25) is 17.7 Å². The fourth-order valence-electron chi connectivity index (χ4n) is 3.74. The van der Waals surface area contributed by atoms with Crippen molar-refractivity contribution in [3.63, 3.8) is 0 Å². The first-order valence-corrected chi connectivity index (χ1v) is 14.0. The van der Waals surface area contributed by atoms with Gasteiger partial charge in [0.15, 0.2) is 12.1 Å². The van der Waals surface area contributed by atoms with E-state index in [2.05, 4.69) is 32.3 Å². The number of carboxylic acids is 1. The zero-order valence-corrected chi connectivity index (χ0v) is 25.4. The van der Waals surface area contributed by atoms with Crippen molar-refractivity contribution >= 4 is 29.6 Å². The minimum atomic E-state index is -1.67. The highest BCUT2D eigenvalue weighted by Gasteiger charge is 2.32. The third kappa shape index (κ3) is 16.5. The van der Waals surface area contributed by atoms with Gasteiger partial charge in [0.25, 0.3) is 5.91 Å². The lowest BCUT2D eigenvalue weighted by atomic mass is 10.0. The van der Waals surface area contributed by atoms with Crippen molar-refractivity contribution in [2.75, 3.05) is 40.8 Å². The highest BCUT2D eigenvalue weighted by atomic mass is 16.4. The van der Waals surface area contributed by atoms with Crippen molar-refractivity contribution < 1.29 is 49.5 Å². The third-order valence-corrected chi connectivity index (χ3v) is 6.20. The van der Waals surface area contributed by atoms with E-state index in [9.17, 15) is 39.3 Å². The summed E-state index contributed by atoms with van der Waals surface area (Å²) in [6.07, 6.45) is -0.177. The molecule has 17 nitrogen and oxygen atoms in total. The summed E-state index contributed by atoms with van der Waals surface area (Å²) in [5, 5.41) is 41.1. The quantitative estimate of drug-likeness (QED) is 0.0332. The van der Waals surface area contributed by atoms with Gasteiger partial charge in [0, 0.05) is 0 Å². The molecule has 0 aliphatic rings. The average molecular weight is 608 g/mol. The number of carbonyl (C=O) groups excluding carboxylic acids is 4. The first kappa shape index (κ1) is 39.1. The summed E-state index contributed by atoms with van der Waals surface area (Å²) in [7, 11) is 6.03. The predicted octanol–water partition coefficient (Wildman–Crippen LogP) is -5.54. The van der Waals surface area contributed by atoms with Gasteiger partial charge in [0.1, 0.15) is 24.4 Å². The number of aliphatic hydroxyl groups excluding tert-OH is 2. The Morgan fingerprint density at radius 3 is 1.69 bits per heavy atom. The number of aliphatic carboxylic acids is 1. The lowest BCUT2D eigenvalue weighted by molar-refractivity contribution is -0.870. The van der Waals surface area contributed by atoms with Crippen LogP contribution in [0.25, 0.3) is 0 Å². The molecule has 0 aromatic carbocycles. The normalized spacial score (nSPS) is 16.0. The number of carbonyl (C=O) groups is 5. The first-order chi connectivity index (χ1) is 19.4. The maximum atomic E-state index is 13.3. The van der Waals surface area contributed by atoms with Crippen molar-refractivity contribution in [1.82, 2.24) is 26.6 Å². The molecule has 244 valence electrons. The molecule has 0 bridgehead atoms. The van der Waals surface area contributed by atoms with Gasteiger partial charge in [-0.25, -0.2) is 4.79 Å². The minimum Gasteiger partial charge on any atom is -0.480 e. The van der Waals surface area contributed by atoms with Gasteiger partial charge in [-0.05, 0) is 52.5 Å². The number of aliphatic hydroxyl groups is 2. The van der Waals surface area contributed by atoms with Crippen LogP contribution in [-0.4, -0.2) is 133 Å². The van der Waals surface area contributed by atoms with Crippen molar-refractivity contribution in [2.45, 2.75) is 88.6 Å². The Labute approximate surface area is 246 Å². The van der Waals surface area contributed by atoms with Crippen LogP contribution in [-0.2, 0) is 24.0 Å². The van der Waals surface area contributed by atoms with Crippen LogP contribution in [0.5, 0.6) is 0 Å². The molecule has 42 heavy (non-hydrogen) atoms. The molecular weight excluding hydrogens is 554 g/mol. The fourth-order valence-corrected chi connectivity index (χ4v) is 3.74. The minimum absolute atomic E-state index is 0.179.